The van der Waals surface area contributed by atoms with Gasteiger partial charge >= 0.3 is 17.3 Å². The summed E-state index contributed by atoms with van der Waals surface area (Å²) in [6.07, 6.45) is 0. The van der Waals surface area contributed by atoms with Gasteiger partial charge in [-0.1, -0.05) is 0 Å². The van der Waals surface area contributed by atoms with Crippen LogP contribution in [-0.2, 0) is 0 Å². The van der Waals surface area contributed by atoms with Gasteiger partial charge < -0.3 is 24.1 Å². The van der Waals surface area contributed by atoms with E-state index in [1.54, 1.807) is 37.4 Å². The SMILES string of the molecule is COc1cc(OC)c2c(C(=O)O)cc(-c3ccc(OC)c(OC)c3)[o+]c2c1. The van der Waals surface area contributed by atoms with E-state index >= 15 is 0 Å². The fraction of sp³-hybridized carbons (Fsp3) is 0.200. The summed E-state index contributed by atoms with van der Waals surface area (Å²) in [5, 5.41) is 10.1. The minimum Gasteiger partial charge on any atom is -0.496 e. The van der Waals surface area contributed by atoms with Crippen LogP contribution in [0.15, 0.2) is 40.8 Å². The molecule has 27 heavy (non-hydrogen) atoms. The fourth-order valence-electron chi connectivity index (χ4n) is 2.84. The van der Waals surface area contributed by atoms with E-state index < -0.39 is 5.97 Å². The number of fused-ring (bicyclic) bond motifs is 1. The van der Waals surface area contributed by atoms with Crippen molar-refractivity contribution in [3.8, 4) is 34.3 Å². The molecule has 0 saturated carbocycles. The number of methoxy groups -OCH3 is 4. The van der Waals surface area contributed by atoms with Gasteiger partial charge in [0.05, 0.1) is 51.7 Å². The molecule has 7 nitrogen and oxygen atoms in total. The van der Waals surface area contributed by atoms with Gasteiger partial charge in [-0.2, -0.15) is 0 Å². The molecule has 0 fully saturated rings. The number of carboxylic acid groups (broad SMARTS) is 1. The second-order valence-corrected chi connectivity index (χ2v) is 5.60. The Morgan fingerprint density at radius 2 is 1.56 bits per heavy atom. The van der Waals surface area contributed by atoms with E-state index in [1.165, 1.54) is 27.4 Å². The van der Waals surface area contributed by atoms with E-state index in [0.29, 0.717) is 45.3 Å². The number of rotatable bonds is 6. The summed E-state index contributed by atoms with van der Waals surface area (Å²) in [4.78, 5) is 11.9. The molecule has 3 aromatic rings. The zero-order chi connectivity index (χ0) is 19.6. The molecule has 0 spiro atoms. The first-order valence-electron chi connectivity index (χ1n) is 8.01. The highest BCUT2D eigenvalue weighted by atomic mass is 16.5. The van der Waals surface area contributed by atoms with Crippen LogP contribution in [0.3, 0.4) is 0 Å². The highest BCUT2D eigenvalue weighted by molar-refractivity contribution is 6.06. The molecule has 0 atom stereocenters. The summed E-state index contributed by atoms with van der Waals surface area (Å²) in [7, 11) is 6.04. The van der Waals surface area contributed by atoms with Gasteiger partial charge in [0.2, 0.25) is 0 Å². The molecule has 0 aliphatic carbocycles. The van der Waals surface area contributed by atoms with Gasteiger partial charge in [-0.05, 0) is 12.1 Å². The Hall–Kier alpha value is -3.48. The third-order valence-electron chi connectivity index (χ3n) is 4.16. The number of aromatic carboxylic acids is 1. The Morgan fingerprint density at radius 1 is 0.852 bits per heavy atom. The molecule has 0 radical (unpaired) electrons. The standard InChI is InChI=1S/C20H18O7/c1-23-12-8-17(26-4)19-13(20(21)22)10-15(27-18(19)9-12)11-5-6-14(24-2)16(7-11)25-3/h5-10H,1-4H3/p+1. The lowest BCUT2D eigenvalue weighted by atomic mass is 10.0. The summed E-state index contributed by atoms with van der Waals surface area (Å²) < 4.78 is 27.1. The summed E-state index contributed by atoms with van der Waals surface area (Å²) in [5.41, 5.74) is 1.02. The molecule has 0 amide bonds. The lowest BCUT2D eigenvalue weighted by Gasteiger charge is -2.08. The summed E-state index contributed by atoms with van der Waals surface area (Å²) in [6.45, 7) is 0. The van der Waals surface area contributed by atoms with Crippen LogP contribution >= 0.6 is 0 Å². The Kier molecular flexibility index (Phi) is 5.03. The van der Waals surface area contributed by atoms with Crippen LogP contribution in [0.4, 0.5) is 0 Å². The van der Waals surface area contributed by atoms with Crippen LogP contribution in [0.25, 0.3) is 22.3 Å². The van der Waals surface area contributed by atoms with Crippen LogP contribution in [0.2, 0.25) is 0 Å². The number of carbonyl (C=O) groups is 1. The Labute approximate surface area is 155 Å². The van der Waals surface area contributed by atoms with Crippen molar-refractivity contribution >= 4 is 16.9 Å². The minimum atomic E-state index is -1.10. The zero-order valence-corrected chi connectivity index (χ0v) is 15.4. The van der Waals surface area contributed by atoms with Crippen molar-refractivity contribution in [3.63, 3.8) is 0 Å². The van der Waals surface area contributed by atoms with Gasteiger partial charge in [0, 0.05) is 12.1 Å². The van der Waals surface area contributed by atoms with E-state index in [-0.39, 0.29) is 5.56 Å². The van der Waals surface area contributed by atoms with Crippen LogP contribution in [-0.4, -0.2) is 39.5 Å². The molecule has 2 aromatic carbocycles. The second-order valence-electron chi connectivity index (χ2n) is 5.60. The number of hydrogen-bond acceptors (Lipinski definition) is 5. The van der Waals surface area contributed by atoms with Gasteiger partial charge in [-0.25, -0.2) is 9.21 Å². The zero-order valence-electron chi connectivity index (χ0n) is 15.4. The van der Waals surface area contributed by atoms with Gasteiger partial charge in [0.25, 0.3) is 0 Å². The van der Waals surface area contributed by atoms with Crippen LogP contribution in [0.5, 0.6) is 23.0 Å². The molecule has 0 aliphatic rings. The average molecular weight is 371 g/mol. The quantitative estimate of drug-likeness (QED) is 0.653. The molecule has 3 rings (SSSR count). The predicted molar refractivity (Wildman–Crippen MR) is 99.2 cm³/mol. The Balaban J connectivity index is 2.30. The normalized spacial score (nSPS) is 10.5. The maximum atomic E-state index is 11.9. The molecular formula is C20H19O7+. The van der Waals surface area contributed by atoms with Crippen molar-refractivity contribution in [2.75, 3.05) is 28.4 Å². The molecule has 0 aliphatic heterocycles. The first kappa shape index (κ1) is 18.3. The van der Waals surface area contributed by atoms with E-state index in [4.69, 9.17) is 23.4 Å². The maximum Gasteiger partial charge on any atom is 0.369 e. The number of benzene rings is 2. The second kappa shape index (κ2) is 7.41. The molecule has 0 bridgehead atoms. The van der Waals surface area contributed by atoms with Crippen molar-refractivity contribution in [1.82, 2.24) is 0 Å². The third-order valence-corrected chi connectivity index (χ3v) is 4.16. The largest absolute Gasteiger partial charge is 0.496 e. The van der Waals surface area contributed by atoms with E-state index in [1.807, 2.05) is 0 Å². The smallest absolute Gasteiger partial charge is 0.369 e. The molecule has 7 heteroatoms. The summed E-state index contributed by atoms with van der Waals surface area (Å²) in [6, 6.07) is 9.89. The molecule has 0 saturated heterocycles. The number of carboxylic acids is 1. The highest BCUT2D eigenvalue weighted by Crippen LogP contribution is 2.38. The number of hydrogen-bond donors (Lipinski definition) is 1. The van der Waals surface area contributed by atoms with Gasteiger partial charge in [0.1, 0.15) is 16.9 Å². The minimum absolute atomic E-state index is 0.0561. The van der Waals surface area contributed by atoms with Gasteiger partial charge in [-0.15, -0.1) is 0 Å². The van der Waals surface area contributed by atoms with Gasteiger partial charge in [0.15, 0.2) is 11.5 Å². The maximum absolute atomic E-state index is 11.9. The molecular weight excluding hydrogens is 352 g/mol. The van der Waals surface area contributed by atoms with Crippen molar-refractivity contribution in [1.29, 1.82) is 0 Å². The van der Waals surface area contributed by atoms with Gasteiger partial charge in [-0.3, -0.25) is 0 Å². The first-order chi connectivity index (χ1) is 13.0. The highest BCUT2D eigenvalue weighted by Gasteiger charge is 2.27. The lowest BCUT2D eigenvalue weighted by Crippen LogP contribution is -2.01. The third kappa shape index (κ3) is 3.31. The van der Waals surface area contributed by atoms with Crippen molar-refractivity contribution in [2.45, 2.75) is 0 Å². The first-order valence-corrected chi connectivity index (χ1v) is 8.01. The summed E-state index contributed by atoms with van der Waals surface area (Å²) in [5.74, 6) is 1.17. The molecule has 1 heterocycles. The molecule has 1 N–H and O–H groups in total. The molecule has 0 unspecified atom stereocenters. The topological polar surface area (TPSA) is 85.5 Å². The van der Waals surface area contributed by atoms with E-state index in [0.717, 1.165) is 0 Å². The fourth-order valence-corrected chi connectivity index (χ4v) is 2.84. The van der Waals surface area contributed by atoms with Crippen LogP contribution < -0.4 is 18.9 Å². The van der Waals surface area contributed by atoms with Crippen molar-refractivity contribution in [3.05, 3.63) is 42.0 Å². The van der Waals surface area contributed by atoms with E-state index in [9.17, 15) is 9.90 Å². The van der Waals surface area contributed by atoms with Crippen molar-refractivity contribution < 1.29 is 33.3 Å². The number of ether oxygens (including phenoxy) is 4. The lowest BCUT2D eigenvalue weighted by molar-refractivity contribution is 0.0698. The monoisotopic (exact) mass is 371 g/mol. The van der Waals surface area contributed by atoms with Crippen LogP contribution in [0, 0.1) is 0 Å². The summed E-state index contributed by atoms with van der Waals surface area (Å²) >= 11 is 0. The van der Waals surface area contributed by atoms with Crippen molar-refractivity contribution in [2.24, 2.45) is 0 Å². The Morgan fingerprint density at radius 3 is 2.15 bits per heavy atom. The Bertz CT molecular complexity index is 1010. The molecule has 140 valence electrons. The average Bonchev–Trinajstić information content (AvgIpc) is 2.71. The molecule has 1 aromatic heterocycles. The van der Waals surface area contributed by atoms with E-state index in [2.05, 4.69) is 0 Å². The predicted octanol–water partition coefficient (Wildman–Crippen LogP) is 4.11. The van der Waals surface area contributed by atoms with Crippen LogP contribution in [0.1, 0.15) is 10.4 Å².